The van der Waals surface area contributed by atoms with E-state index in [2.05, 4.69) is 33.6 Å². The van der Waals surface area contributed by atoms with Crippen LogP contribution in [0.25, 0.3) is 21.0 Å². The summed E-state index contributed by atoms with van der Waals surface area (Å²) in [4.78, 5) is 9.27. The van der Waals surface area contributed by atoms with Crippen molar-refractivity contribution in [2.75, 3.05) is 26.3 Å². The van der Waals surface area contributed by atoms with E-state index in [1.807, 2.05) is 37.3 Å². The second-order valence-corrected chi connectivity index (χ2v) is 7.31. The predicted molar refractivity (Wildman–Crippen MR) is 131 cm³/mol. The lowest BCUT2D eigenvalue weighted by Crippen LogP contribution is -2.37. The van der Waals surface area contributed by atoms with Crippen molar-refractivity contribution < 1.29 is 9.15 Å². The van der Waals surface area contributed by atoms with Crippen LogP contribution in [-0.4, -0.2) is 37.2 Å². The first-order valence-corrected chi connectivity index (χ1v) is 10.7. The third-order valence-electron chi connectivity index (χ3n) is 4.12. The summed E-state index contributed by atoms with van der Waals surface area (Å²) in [5, 5.41) is 7.52. The number of benzene rings is 1. The monoisotopic (exact) mass is 528 g/mol. The number of aliphatic imine (C=N–C) groups is 1. The molecule has 0 bridgehead atoms. The second-order valence-electron chi connectivity index (χ2n) is 6.28. The minimum Gasteiger partial charge on any atom is -0.457 e. The zero-order chi connectivity index (χ0) is 19.6. The molecule has 29 heavy (non-hydrogen) atoms. The smallest absolute Gasteiger partial charge is 0.191 e. The van der Waals surface area contributed by atoms with Crippen LogP contribution >= 0.6 is 35.3 Å². The van der Waals surface area contributed by atoms with Crippen LogP contribution < -0.4 is 10.6 Å². The molecule has 3 aromatic rings. The molecule has 6 nitrogen and oxygen atoms in total. The number of nitrogens with zero attached hydrogens (tertiary/aromatic N) is 2. The molecule has 2 heterocycles. The van der Waals surface area contributed by atoms with Gasteiger partial charge in [0.2, 0.25) is 0 Å². The standard InChI is InChI=1S/C21H28N4O2S.HI/c1-3-22-21(23-13-7-8-14-26-4-2)24-15-16-11-12-18(27-16)20-25-17-9-5-6-10-19(17)28-20;/h5-6,9-12H,3-4,7-8,13-15H2,1-2H3,(H2,22,23,24);1H. The minimum absolute atomic E-state index is 0. The van der Waals surface area contributed by atoms with Crippen molar-refractivity contribution in [3.63, 3.8) is 0 Å². The molecule has 2 aromatic heterocycles. The SMILES string of the molecule is CCNC(=NCc1ccc(-c2nc3ccccc3s2)o1)NCCCCOCC.I. The fourth-order valence-corrected chi connectivity index (χ4v) is 3.66. The summed E-state index contributed by atoms with van der Waals surface area (Å²) >= 11 is 1.64. The van der Waals surface area contributed by atoms with E-state index in [0.29, 0.717) is 6.54 Å². The molecule has 1 aromatic carbocycles. The molecule has 0 atom stereocenters. The number of guanidine groups is 1. The Hall–Kier alpha value is -1.65. The molecule has 0 fully saturated rings. The molecule has 0 unspecified atom stereocenters. The van der Waals surface area contributed by atoms with Crippen LogP contribution in [0.5, 0.6) is 0 Å². The van der Waals surface area contributed by atoms with Crippen molar-refractivity contribution in [3.8, 4) is 10.8 Å². The summed E-state index contributed by atoms with van der Waals surface area (Å²) in [6.45, 7) is 7.84. The number of hydrogen-bond acceptors (Lipinski definition) is 5. The topological polar surface area (TPSA) is 71.7 Å². The maximum atomic E-state index is 5.97. The molecule has 158 valence electrons. The van der Waals surface area contributed by atoms with Gasteiger partial charge in [0.1, 0.15) is 12.3 Å². The van der Waals surface area contributed by atoms with Gasteiger partial charge in [-0.1, -0.05) is 12.1 Å². The number of furan rings is 1. The highest BCUT2D eigenvalue weighted by Crippen LogP contribution is 2.31. The van der Waals surface area contributed by atoms with Crippen molar-refractivity contribution in [1.82, 2.24) is 15.6 Å². The molecular weight excluding hydrogens is 499 g/mol. The van der Waals surface area contributed by atoms with Gasteiger partial charge >= 0.3 is 0 Å². The number of para-hydroxylation sites is 1. The molecule has 0 aliphatic carbocycles. The van der Waals surface area contributed by atoms with Crippen LogP contribution in [0, 0.1) is 0 Å². The number of aromatic nitrogens is 1. The average molecular weight is 528 g/mol. The highest BCUT2D eigenvalue weighted by atomic mass is 127. The Morgan fingerprint density at radius 2 is 2.00 bits per heavy atom. The van der Waals surface area contributed by atoms with E-state index in [0.717, 1.165) is 71.8 Å². The minimum atomic E-state index is 0. The maximum Gasteiger partial charge on any atom is 0.191 e. The average Bonchev–Trinajstić information content (AvgIpc) is 3.35. The van der Waals surface area contributed by atoms with E-state index < -0.39 is 0 Å². The summed E-state index contributed by atoms with van der Waals surface area (Å²) in [5.74, 6) is 2.42. The number of hydrogen-bond donors (Lipinski definition) is 2. The van der Waals surface area contributed by atoms with Gasteiger partial charge in [0.25, 0.3) is 0 Å². The Kier molecular flexibility index (Phi) is 10.4. The summed E-state index contributed by atoms with van der Waals surface area (Å²) in [6, 6.07) is 12.1. The van der Waals surface area contributed by atoms with E-state index in [1.54, 1.807) is 11.3 Å². The lowest BCUT2D eigenvalue weighted by atomic mass is 10.3. The summed E-state index contributed by atoms with van der Waals surface area (Å²) < 4.78 is 12.5. The first-order valence-electron chi connectivity index (χ1n) is 9.84. The zero-order valence-electron chi connectivity index (χ0n) is 16.9. The van der Waals surface area contributed by atoms with E-state index >= 15 is 0 Å². The number of fused-ring (bicyclic) bond motifs is 1. The largest absolute Gasteiger partial charge is 0.457 e. The van der Waals surface area contributed by atoms with Gasteiger partial charge in [-0.25, -0.2) is 9.98 Å². The first-order chi connectivity index (χ1) is 13.8. The lowest BCUT2D eigenvalue weighted by molar-refractivity contribution is 0.143. The van der Waals surface area contributed by atoms with Gasteiger partial charge in [-0.05, 0) is 51.0 Å². The number of unbranched alkanes of at least 4 members (excludes halogenated alkanes) is 1. The van der Waals surface area contributed by atoms with Crippen LogP contribution in [0.1, 0.15) is 32.4 Å². The molecule has 2 N–H and O–H groups in total. The van der Waals surface area contributed by atoms with E-state index in [1.165, 1.54) is 0 Å². The summed E-state index contributed by atoms with van der Waals surface area (Å²) in [6.07, 6.45) is 2.09. The van der Waals surface area contributed by atoms with Crippen LogP contribution in [0.2, 0.25) is 0 Å². The van der Waals surface area contributed by atoms with Gasteiger partial charge in [-0.2, -0.15) is 0 Å². The molecule has 8 heteroatoms. The van der Waals surface area contributed by atoms with Gasteiger partial charge < -0.3 is 19.8 Å². The quantitative estimate of drug-likeness (QED) is 0.167. The molecule has 3 rings (SSSR count). The molecule has 0 radical (unpaired) electrons. The Balaban J connectivity index is 0.00000300. The molecular formula is C21H29IN4O2S. The van der Waals surface area contributed by atoms with Gasteiger partial charge in [0.15, 0.2) is 16.7 Å². The molecule has 0 saturated carbocycles. The fraction of sp³-hybridized carbons (Fsp3) is 0.429. The number of rotatable bonds is 10. The number of ether oxygens (including phenoxy) is 1. The van der Waals surface area contributed by atoms with Crippen molar-refractivity contribution >= 4 is 51.5 Å². The van der Waals surface area contributed by atoms with Crippen LogP contribution in [0.3, 0.4) is 0 Å². The fourth-order valence-electron chi connectivity index (χ4n) is 2.73. The Morgan fingerprint density at radius 3 is 2.79 bits per heavy atom. The first kappa shape index (κ1) is 23.6. The number of halogens is 1. The third-order valence-corrected chi connectivity index (χ3v) is 5.17. The Morgan fingerprint density at radius 1 is 1.14 bits per heavy atom. The molecule has 0 saturated heterocycles. The zero-order valence-corrected chi connectivity index (χ0v) is 20.1. The van der Waals surface area contributed by atoms with Crippen LogP contribution in [0.15, 0.2) is 45.8 Å². The van der Waals surface area contributed by atoms with Gasteiger partial charge in [-0.15, -0.1) is 35.3 Å². The Labute approximate surface area is 193 Å². The van der Waals surface area contributed by atoms with Crippen molar-refractivity contribution in [1.29, 1.82) is 0 Å². The van der Waals surface area contributed by atoms with Gasteiger partial charge in [0, 0.05) is 26.3 Å². The second kappa shape index (κ2) is 12.8. The van der Waals surface area contributed by atoms with E-state index in [-0.39, 0.29) is 24.0 Å². The number of nitrogens with one attached hydrogen (secondary N) is 2. The molecule has 0 aliphatic rings. The molecule has 0 aliphatic heterocycles. The highest BCUT2D eigenvalue weighted by Gasteiger charge is 2.10. The molecule has 0 amide bonds. The van der Waals surface area contributed by atoms with Crippen LogP contribution in [0.4, 0.5) is 0 Å². The third kappa shape index (κ3) is 7.27. The maximum absolute atomic E-state index is 5.97. The molecule has 0 spiro atoms. The van der Waals surface area contributed by atoms with Crippen molar-refractivity contribution in [3.05, 3.63) is 42.2 Å². The highest BCUT2D eigenvalue weighted by molar-refractivity contribution is 14.0. The lowest BCUT2D eigenvalue weighted by Gasteiger charge is -2.10. The summed E-state index contributed by atoms with van der Waals surface area (Å²) in [7, 11) is 0. The number of thiazole rings is 1. The van der Waals surface area contributed by atoms with E-state index in [9.17, 15) is 0 Å². The normalized spacial score (nSPS) is 11.4. The van der Waals surface area contributed by atoms with Crippen molar-refractivity contribution in [2.45, 2.75) is 33.2 Å². The van der Waals surface area contributed by atoms with Gasteiger partial charge in [0.05, 0.1) is 10.2 Å². The predicted octanol–water partition coefficient (Wildman–Crippen LogP) is 5.05. The van der Waals surface area contributed by atoms with Crippen molar-refractivity contribution in [2.24, 2.45) is 4.99 Å². The summed E-state index contributed by atoms with van der Waals surface area (Å²) in [5.41, 5.74) is 1.00. The Bertz CT molecular complexity index is 861. The van der Waals surface area contributed by atoms with E-state index in [4.69, 9.17) is 9.15 Å². The van der Waals surface area contributed by atoms with Gasteiger partial charge in [-0.3, -0.25) is 0 Å². The van der Waals surface area contributed by atoms with Crippen LogP contribution in [-0.2, 0) is 11.3 Å².